The van der Waals surface area contributed by atoms with E-state index in [1.165, 1.54) is 11.8 Å². The molecule has 2 aromatic heterocycles. The summed E-state index contributed by atoms with van der Waals surface area (Å²) in [6.07, 6.45) is 1.62. The molecule has 164 valence electrons. The van der Waals surface area contributed by atoms with Crippen LogP contribution in [0, 0.1) is 0 Å². The molecular weight excluding hydrogens is 446 g/mol. The summed E-state index contributed by atoms with van der Waals surface area (Å²) in [7, 11) is 3.94. The molecule has 4 rings (SSSR count). The monoisotopic (exact) mass is 467 g/mol. The SMILES string of the molecule is CN(C)c1ccc(NC(=O)CSc2nnc(-c3ccccc3Cl)n2Cc2ccco2)cc1. The first-order valence-electron chi connectivity index (χ1n) is 9.92. The molecule has 0 fully saturated rings. The molecule has 0 aliphatic heterocycles. The minimum atomic E-state index is -0.126. The smallest absolute Gasteiger partial charge is 0.234 e. The maximum Gasteiger partial charge on any atom is 0.234 e. The first-order chi connectivity index (χ1) is 15.5. The third kappa shape index (κ3) is 5.15. The van der Waals surface area contributed by atoms with Gasteiger partial charge in [0.15, 0.2) is 11.0 Å². The van der Waals surface area contributed by atoms with Gasteiger partial charge in [0.25, 0.3) is 0 Å². The van der Waals surface area contributed by atoms with E-state index in [0.717, 1.165) is 22.7 Å². The molecule has 2 aromatic carbocycles. The van der Waals surface area contributed by atoms with Crippen molar-refractivity contribution in [3.63, 3.8) is 0 Å². The number of furan rings is 1. The van der Waals surface area contributed by atoms with Crippen LogP contribution in [0.2, 0.25) is 5.02 Å². The number of nitrogens with one attached hydrogen (secondary N) is 1. The van der Waals surface area contributed by atoms with E-state index >= 15 is 0 Å². The lowest BCUT2D eigenvalue weighted by Crippen LogP contribution is -2.15. The van der Waals surface area contributed by atoms with Crippen LogP contribution in [0.3, 0.4) is 0 Å². The van der Waals surface area contributed by atoms with Crippen LogP contribution in [0.25, 0.3) is 11.4 Å². The van der Waals surface area contributed by atoms with Crippen molar-refractivity contribution >= 4 is 40.6 Å². The van der Waals surface area contributed by atoms with E-state index in [1.807, 2.05) is 84.2 Å². The number of benzene rings is 2. The Morgan fingerprint density at radius 3 is 2.56 bits per heavy atom. The summed E-state index contributed by atoms with van der Waals surface area (Å²) >= 11 is 7.70. The van der Waals surface area contributed by atoms with Crippen LogP contribution in [-0.2, 0) is 11.3 Å². The Kier molecular flexibility index (Phi) is 6.82. The van der Waals surface area contributed by atoms with Crippen molar-refractivity contribution in [2.24, 2.45) is 0 Å². The lowest BCUT2D eigenvalue weighted by atomic mass is 10.2. The molecule has 0 radical (unpaired) electrons. The van der Waals surface area contributed by atoms with E-state index in [4.69, 9.17) is 16.0 Å². The molecule has 1 amide bonds. The number of nitrogens with zero attached hydrogens (tertiary/aromatic N) is 4. The zero-order chi connectivity index (χ0) is 22.5. The van der Waals surface area contributed by atoms with Crippen molar-refractivity contribution in [1.82, 2.24) is 14.8 Å². The van der Waals surface area contributed by atoms with E-state index in [1.54, 1.807) is 6.26 Å². The van der Waals surface area contributed by atoms with Crippen molar-refractivity contribution in [3.8, 4) is 11.4 Å². The van der Waals surface area contributed by atoms with Gasteiger partial charge in [-0.25, -0.2) is 0 Å². The summed E-state index contributed by atoms with van der Waals surface area (Å²) in [5.74, 6) is 1.44. The first kappa shape index (κ1) is 22.0. The second kappa shape index (κ2) is 9.93. The lowest BCUT2D eigenvalue weighted by molar-refractivity contribution is -0.113. The molecular formula is C23H22ClN5O2S. The summed E-state index contributed by atoms with van der Waals surface area (Å²) < 4.78 is 7.42. The molecule has 1 N–H and O–H groups in total. The van der Waals surface area contributed by atoms with Crippen molar-refractivity contribution in [1.29, 1.82) is 0 Å². The first-order valence-corrected chi connectivity index (χ1v) is 11.3. The van der Waals surface area contributed by atoms with Gasteiger partial charge in [0.1, 0.15) is 5.76 Å². The van der Waals surface area contributed by atoms with Crippen molar-refractivity contribution in [2.75, 3.05) is 30.1 Å². The maximum atomic E-state index is 12.5. The van der Waals surface area contributed by atoms with E-state index in [-0.39, 0.29) is 11.7 Å². The van der Waals surface area contributed by atoms with Crippen LogP contribution in [-0.4, -0.2) is 40.5 Å². The van der Waals surface area contributed by atoms with Gasteiger partial charge in [0.2, 0.25) is 5.91 Å². The van der Waals surface area contributed by atoms with Gasteiger partial charge in [-0.3, -0.25) is 9.36 Å². The van der Waals surface area contributed by atoms with Gasteiger partial charge in [-0.15, -0.1) is 10.2 Å². The third-order valence-electron chi connectivity index (χ3n) is 4.73. The Bertz CT molecular complexity index is 1190. The molecule has 0 saturated carbocycles. The molecule has 0 spiro atoms. The average molecular weight is 468 g/mol. The maximum absolute atomic E-state index is 12.5. The summed E-state index contributed by atoms with van der Waals surface area (Å²) in [6.45, 7) is 0.427. The number of hydrogen-bond donors (Lipinski definition) is 1. The van der Waals surface area contributed by atoms with Crippen LogP contribution in [0.15, 0.2) is 76.5 Å². The molecule has 32 heavy (non-hydrogen) atoms. The number of rotatable bonds is 8. The molecule has 4 aromatic rings. The minimum Gasteiger partial charge on any atom is -0.467 e. The molecule has 0 atom stereocenters. The predicted molar refractivity (Wildman–Crippen MR) is 128 cm³/mol. The summed E-state index contributed by atoms with van der Waals surface area (Å²) in [5.41, 5.74) is 2.58. The highest BCUT2D eigenvalue weighted by Crippen LogP contribution is 2.30. The molecule has 0 bridgehead atoms. The van der Waals surface area contributed by atoms with Gasteiger partial charge >= 0.3 is 0 Å². The highest BCUT2D eigenvalue weighted by molar-refractivity contribution is 7.99. The zero-order valence-electron chi connectivity index (χ0n) is 17.7. The fourth-order valence-corrected chi connectivity index (χ4v) is 4.07. The van der Waals surface area contributed by atoms with Gasteiger partial charge in [-0.2, -0.15) is 0 Å². The van der Waals surface area contributed by atoms with Crippen LogP contribution < -0.4 is 10.2 Å². The van der Waals surface area contributed by atoms with Crippen LogP contribution in [0.5, 0.6) is 0 Å². The predicted octanol–water partition coefficient (Wildman–Crippen LogP) is 5.04. The topological polar surface area (TPSA) is 76.2 Å². The standard InChI is InChI=1S/C23H22ClN5O2S/c1-28(2)17-11-9-16(10-12-17)25-21(30)15-32-23-27-26-22(19-7-3-4-8-20(19)24)29(23)14-18-6-5-13-31-18/h3-13H,14-15H2,1-2H3,(H,25,30). The van der Waals surface area contributed by atoms with E-state index < -0.39 is 0 Å². The van der Waals surface area contributed by atoms with Crippen molar-refractivity contribution in [2.45, 2.75) is 11.7 Å². The highest BCUT2D eigenvalue weighted by atomic mass is 35.5. The second-order valence-electron chi connectivity index (χ2n) is 7.23. The van der Waals surface area contributed by atoms with Gasteiger partial charge in [0.05, 0.1) is 23.6 Å². The fourth-order valence-electron chi connectivity index (χ4n) is 3.11. The van der Waals surface area contributed by atoms with E-state index in [0.29, 0.717) is 22.5 Å². The quantitative estimate of drug-likeness (QED) is 0.366. The van der Waals surface area contributed by atoms with Gasteiger partial charge < -0.3 is 14.6 Å². The summed E-state index contributed by atoms with van der Waals surface area (Å²) in [4.78, 5) is 14.5. The number of aromatic nitrogens is 3. The number of halogens is 1. The molecule has 2 heterocycles. The van der Waals surface area contributed by atoms with Crippen LogP contribution in [0.1, 0.15) is 5.76 Å². The minimum absolute atomic E-state index is 0.126. The number of amides is 1. The molecule has 7 nitrogen and oxygen atoms in total. The van der Waals surface area contributed by atoms with Gasteiger partial charge in [-0.1, -0.05) is 35.5 Å². The van der Waals surface area contributed by atoms with E-state index in [2.05, 4.69) is 15.5 Å². The fraction of sp³-hybridized carbons (Fsp3) is 0.174. The largest absolute Gasteiger partial charge is 0.467 e. The zero-order valence-corrected chi connectivity index (χ0v) is 19.2. The van der Waals surface area contributed by atoms with E-state index in [9.17, 15) is 4.79 Å². The highest BCUT2D eigenvalue weighted by Gasteiger charge is 2.18. The van der Waals surface area contributed by atoms with Gasteiger partial charge in [-0.05, 0) is 48.5 Å². The number of hydrogen-bond acceptors (Lipinski definition) is 6. The Morgan fingerprint density at radius 2 is 1.88 bits per heavy atom. The second-order valence-corrected chi connectivity index (χ2v) is 8.58. The third-order valence-corrected chi connectivity index (χ3v) is 6.02. The Labute approximate surface area is 195 Å². The number of anilines is 2. The molecule has 0 aliphatic rings. The average Bonchev–Trinajstić information content (AvgIpc) is 3.44. The van der Waals surface area contributed by atoms with Gasteiger partial charge in [0, 0.05) is 31.0 Å². The Balaban J connectivity index is 1.50. The summed E-state index contributed by atoms with van der Waals surface area (Å²) in [5, 5.41) is 12.8. The van der Waals surface area contributed by atoms with Crippen LogP contribution in [0.4, 0.5) is 11.4 Å². The molecule has 9 heteroatoms. The molecule has 0 unspecified atom stereocenters. The van der Waals surface area contributed by atoms with Crippen molar-refractivity contribution in [3.05, 3.63) is 77.7 Å². The number of carbonyl (C=O) groups is 1. The number of thioether (sulfide) groups is 1. The normalized spacial score (nSPS) is 10.8. The van der Waals surface area contributed by atoms with Crippen LogP contribution >= 0.6 is 23.4 Å². The lowest BCUT2D eigenvalue weighted by Gasteiger charge is -2.13. The summed E-state index contributed by atoms with van der Waals surface area (Å²) in [6, 6.07) is 18.9. The molecule has 0 aliphatic carbocycles. The number of carbonyl (C=O) groups excluding carboxylic acids is 1. The Morgan fingerprint density at radius 1 is 1.09 bits per heavy atom. The Hall–Kier alpha value is -3.23. The van der Waals surface area contributed by atoms with Crippen molar-refractivity contribution < 1.29 is 9.21 Å². The molecule has 0 saturated heterocycles.